The molecule has 15 heavy (non-hydrogen) atoms. The highest BCUT2D eigenvalue weighted by atomic mass is 16.7. The highest BCUT2D eigenvalue weighted by molar-refractivity contribution is 5.73. The molecule has 1 heterocycles. The van der Waals surface area contributed by atoms with E-state index in [9.17, 15) is 20.1 Å². The molecule has 5 atom stereocenters. The highest BCUT2D eigenvalue weighted by Crippen LogP contribution is 2.22. The summed E-state index contributed by atoms with van der Waals surface area (Å²) in [7, 11) is 0. The first-order valence-electron chi connectivity index (χ1n) is 4.53. The Hall–Kier alpha value is -0.730. The number of rotatable bonds is 3. The molecule has 0 aliphatic carbocycles. The summed E-state index contributed by atoms with van der Waals surface area (Å²) in [4.78, 5) is 10.6. The molecule has 0 aromatic rings. The minimum Gasteiger partial charge on any atom is -0.479 e. The summed E-state index contributed by atoms with van der Waals surface area (Å²) >= 11 is 0. The van der Waals surface area contributed by atoms with Crippen molar-refractivity contribution in [3.63, 3.8) is 0 Å². The first-order valence-corrected chi connectivity index (χ1v) is 4.53. The molecule has 7 nitrogen and oxygen atoms in total. The molecule has 1 fully saturated rings. The van der Waals surface area contributed by atoms with E-state index >= 15 is 0 Å². The van der Waals surface area contributed by atoms with Gasteiger partial charge in [-0.25, -0.2) is 4.79 Å². The van der Waals surface area contributed by atoms with Crippen LogP contribution in [-0.4, -0.2) is 63.7 Å². The van der Waals surface area contributed by atoms with Gasteiger partial charge >= 0.3 is 5.97 Å². The van der Waals surface area contributed by atoms with Gasteiger partial charge in [0.15, 0.2) is 12.4 Å². The monoisotopic (exact) mass is 222 g/mol. The van der Waals surface area contributed by atoms with Crippen LogP contribution in [0.1, 0.15) is 6.92 Å². The minimum absolute atomic E-state index is 0.191. The number of carboxylic acids is 1. The lowest BCUT2D eigenvalue weighted by atomic mass is 9.99. The first-order chi connectivity index (χ1) is 6.99. The number of hydrogen-bond donors (Lipinski definition) is 4. The number of aliphatic hydroxyl groups excluding tert-OH is 3. The van der Waals surface area contributed by atoms with E-state index in [0.717, 1.165) is 0 Å². The Kier molecular flexibility index (Phi) is 4.00. The van der Waals surface area contributed by atoms with E-state index in [-0.39, 0.29) is 6.61 Å². The normalized spacial score (nSPS) is 41.5. The fourth-order valence-electron chi connectivity index (χ4n) is 1.35. The predicted molar refractivity (Wildman–Crippen MR) is 45.9 cm³/mol. The number of ether oxygens (including phenoxy) is 2. The predicted octanol–water partition coefficient (Wildman–Crippen LogP) is -2.08. The molecule has 0 aromatic heterocycles. The van der Waals surface area contributed by atoms with E-state index in [4.69, 9.17) is 14.6 Å². The maximum Gasteiger partial charge on any atom is 0.335 e. The van der Waals surface area contributed by atoms with Crippen LogP contribution in [0, 0.1) is 0 Å². The molecule has 0 saturated carbocycles. The maximum atomic E-state index is 10.6. The van der Waals surface area contributed by atoms with Gasteiger partial charge in [0, 0.05) is 6.61 Å². The molecular weight excluding hydrogens is 208 g/mol. The Balaban J connectivity index is 2.75. The summed E-state index contributed by atoms with van der Waals surface area (Å²) in [6.45, 7) is 1.82. The van der Waals surface area contributed by atoms with Gasteiger partial charge in [0.05, 0.1) is 0 Å². The van der Waals surface area contributed by atoms with Gasteiger partial charge < -0.3 is 29.9 Å². The average Bonchev–Trinajstić information content (AvgIpc) is 2.18. The van der Waals surface area contributed by atoms with Crippen LogP contribution in [0.4, 0.5) is 0 Å². The highest BCUT2D eigenvalue weighted by Gasteiger charge is 2.47. The summed E-state index contributed by atoms with van der Waals surface area (Å²) in [6.07, 6.45) is -7.57. The van der Waals surface area contributed by atoms with Crippen LogP contribution < -0.4 is 0 Å². The van der Waals surface area contributed by atoms with E-state index in [1.54, 1.807) is 6.92 Å². The van der Waals surface area contributed by atoms with Crippen molar-refractivity contribution >= 4 is 5.97 Å². The van der Waals surface area contributed by atoms with Crippen molar-refractivity contribution in [1.29, 1.82) is 0 Å². The molecule has 0 radical (unpaired) electrons. The molecule has 88 valence electrons. The van der Waals surface area contributed by atoms with Crippen molar-refractivity contribution in [3.8, 4) is 0 Å². The second kappa shape index (κ2) is 4.86. The number of carbonyl (C=O) groups is 1. The van der Waals surface area contributed by atoms with Crippen LogP contribution in [-0.2, 0) is 14.3 Å². The van der Waals surface area contributed by atoms with Gasteiger partial charge in [-0.05, 0) is 6.92 Å². The molecule has 2 unspecified atom stereocenters. The molecule has 0 aromatic carbocycles. The van der Waals surface area contributed by atoms with E-state index in [2.05, 4.69) is 0 Å². The Morgan fingerprint density at radius 2 is 1.87 bits per heavy atom. The van der Waals surface area contributed by atoms with Crippen LogP contribution in [0.3, 0.4) is 0 Å². The number of aliphatic carboxylic acids is 1. The van der Waals surface area contributed by atoms with Crippen LogP contribution in [0.25, 0.3) is 0 Å². The SMILES string of the molecule is CCO[C@H]1OC(C(=O)O)[C@@H](O)[C@H](O)C1O. The molecule has 4 N–H and O–H groups in total. The molecule has 0 spiro atoms. The van der Waals surface area contributed by atoms with Crippen LogP contribution in [0.5, 0.6) is 0 Å². The van der Waals surface area contributed by atoms with Crippen molar-refractivity contribution in [2.75, 3.05) is 6.61 Å². The lowest BCUT2D eigenvalue weighted by molar-refractivity contribution is -0.292. The van der Waals surface area contributed by atoms with E-state index < -0.39 is 36.7 Å². The van der Waals surface area contributed by atoms with Gasteiger partial charge in [-0.3, -0.25) is 0 Å². The van der Waals surface area contributed by atoms with Gasteiger partial charge in [-0.2, -0.15) is 0 Å². The van der Waals surface area contributed by atoms with Gasteiger partial charge in [-0.15, -0.1) is 0 Å². The zero-order chi connectivity index (χ0) is 11.6. The van der Waals surface area contributed by atoms with E-state index in [0.29, 0.717) is 0 Å². The van der Waals surface area contributed by atoms with Crippen molar-refractivity contribution < 1.29 is 34.7 Å². The standard InChI is InChI=1S/C8H14O7/c1-2-14-8-5(11)3(9)4(10)6(15-8)7(12)13/h3-6,8-11H,2H2,1H3,(H,12,13)/t3-,4-,5?,6?,8-/m0/s1. The fourth-order valence-corrected chi connectivity index (χ4v) is 1.35. The summed E-state index contributed by atoms with van der Waals surface area (Å²) < 4.78 is 9.69. The fraction of sp³-hybridized carbons (Fsp3) is 0.875. The van der Waals surface area contributed by atoms with E-state index in [1.807, 2.05) is 0 Å². The molecule has 1 rings (SSSR count). The summed E-state index contributed by atoms with van der Waals surface area (Å²) in [5.41, 5.74) is 0. The largest absolute Gasteiger partial charge is 0.479 e. The molecule has 1 saturated heterocycles. The molecule has 1 aliphatic heterocycles. The van der Waals surface area contributed by atoms with Crippen LogP contribution in [0.2, 0.25) is 0 Å². The van der Waals surface area contributed by atoms with Crippen molar-refractivity contribution in [3.05, 3.63) is 0 Å². The lowest BCUT2D eigenvalue weighted by Crippen LogP contribution is -2.60. The van der Waals surface area contributed by atoms with Gasteiger partial charge in [-0.1, -0.05) is 0 Å². The maximum absolute atomic E-state index is 10.6. The Labute approximate surface area is 85.9 Å². The molecule has 7 heteroatoms. The minimum atomic E-state index is -1.67. The third kappa shape index (κ3) is 2.44. The zero-order valence-electron chi connectivity index (χ0n) is 8.11. The number of hydrogen-bond acceptors (Lipinski definition) is 6. The third-order valence-electron chi connectivity index (χ3n) is 2.14. The van der Waals surface area contributed by atoms with Crippen LogP contribution in [0.15, 0.2) is 0 Å². The van der Waals surface area contributed by atoms with Gasteiger partial charge in [0.25, 0.3) is 0 Å². The second-order valence-electron chi connectivity index (χ2n) is 3.19. The molecule has 0 amide bonds. The summed E-state index contributed by atoms with van der Waals surface area (Å²) in [6, 6.07) is 0. The zero-order valence-corrected chi connectivity index (χ0v) is 8.11. The third-order valence-corrected chi connectivity index (χ3v) is 2.14. The molecular formula is C8H14O7. The quantitative estimate of drug-likeness (QED) is 0.432. The average molecular weight is 222 g/mol. The van der Waals surface area contributed by atoms with Crippen molar-refractivity contribution in [1.82, 2.24) is 0 Å². The Morgan fingerprint density at radius 3 is 2.33 bits per heavy atom. The van der Waals surface area contributed by atoms with Crippen molar-refractivity contribution in [2.24, 2.45) is 0 Å². The molecule has 0 bridgehead atoms. The second-order valence-corrected chi connectivity index (χ2v) is 3.19. The topological polar surface area (TPSA) is 116 Å². The van der Waals surface area contributed by atoms with Crippen molar-refractivity contribution in [2.45, 2.75) is 37.6 Å². The van der Waals surface area contributed by atoms with E-state index in [1.165, 1.54) is 0 Å². The Bertz CT molecular complexity index is 231. The summed E-state index contributed by atoms with van der Waals surface area (Å²) in [5, 5.41) is 36.7. The Morgan fingerprint density at radius 1 is 1.27 bits per heavy atom. The number of aliphatic hydroxyl groups is 3. The first kappa shape index (κ1) is 12.3. The van der Waals surface area contributed by atoms with Crippen LogP contribution >= 0.6 is 0 Å². The molecule has 1 aliphatic rings. The lowest BCUT2D eigenvalue weighted by Gasteiger charge is -2.38. The van der Waals surface area contributed by atoms with Gasteiger partial charge in [0.1, 0.15) is 18.3 Å². The van der Waals surface area contributed by atoms with Gasteiger partial charge in [0.2, 0.25) is 0 Å². The number of carboxylic acid groups (broad SMARTS) is 1. The summed E-state index contributed by atoms with van der Waals surface area (Å²) in [5.74, 6) is -1.42. The smallest absolute Gasteiger partial charge is 0.335 e.